The molecule has 0 aliphatic heterocycles. The molecule has 3 aromatic rings. The molecule has 1 heterocycles. The van der Waals surface area contributed by atoms with Crippen LogP contribution in [0.25, 0.3) is 22.4 Å². The monoisotopic (exact) mass is 306 g/mol. The molecule has 0 spiro atoms. The number of hydrogen-bond donors (Lipinski definition) is 1. The molecule has 0 fully saturated rings. The van der Waals surface area contributed by atoms with Gasteiger partial charge in [0, 0.05) is 17.7 Å². The summed E-state index contributed by atoms with van der Waals surface area (Å²) >= 11 is 5.80. The first-order valence-electron chi connectivity index (χ1n) is 6.19. The quantitative estimate of drug-likeness (QED) is 0.794. The maximum Gasteiger partial charge on any atom is 0.163 e. The molecule has 0 bridgehead atoms. The molecule has 4 nitrogen and oxygen atoms in total. The topological polar surface area (TPSA) is 47.1 Å². The molecule has 0 radical (unpaired) electrons. The predicted octanol–water partition coefficient (Wildman–Crippen LogP) is 4.04. The second-order valence-corrected chi connectivity index (χ2v) is 4.85. The molecule has 1 N–H and O–H groups in total. The molecule has 0 saturated heterocycles. The van der Waals surface area contributed by atoms with Crippen molar-refractivity contribution < 1.29 is 13.9 Å². The maximum atomic E-state index is 13.2. The molecule has 3 rings (SSSR count). The molecule has 1 aromatic heterocycles. The Kier molecular flexibility index (Phi) is 3.43. The Hall–Kier alpha value is -2.27. The van der Waals surface area contributed by atoms with E-state index in [0.29, 0.717) is 22.9 Å². The molecular formula is C15H12ClFN2O2. The largest absolute Gasteiger partial charge is 0.493 e. The Morgan fingerprint density at radius 2 is 1.81 bits per heavy atom. The van der Waals surface area contributed by atoms with Crippen molar-refractivity contribution >= 4 is 22.6 Å². The summed E-state index contributed by atoms with van der Waals surface area (Å²) in [6, 6.07) is 8.04. The zero-order chi connectivity index (χ0) is 15.0. The highest BCUT2D eigenvalue weighted by atomic mass is 35.5. The Bertz CT molecular complexity index is 776. The number of H-pyrrole nitrogens is 1. The number of imidazole rings is 1. The summed E-state index contributed by atoms with van der Waals surface area (Å²) in [6.45, 7) is 0. The van der Waals surface area contributed by atoms with Crippen molar-refractivity contribution in [2.75, 3.05) is 14.2 Å². The minimum atomic E-state index is -0.458. The molecule has 21 heavy (non-hydrogen) atoms. The van der Waals surface area contributed by atoms with E-state index in [9.17, 15) is 4.39 Å². The van der Waals surface area contributed by atoms with Gasteiger partial charge in [-0.05, 0) is 18.2 Å². The second-order valence-electron chi connectivity index (χ2n) is 4.44. The molecule has 0 aliphatic rings. The lowest BCUT2D eigenvalue weighted by atomic mass is 10.2. The molecule has 6 heteroatoms. The zero-order valence-electron chi connectivity index (χ0n) is 11.4. The highest BCUT2D eigenvalue weighted by Gasteiger charge is 2.12. The number of benzene rings is 2. The Labute approximate surface area is 125 Å². The average molecular weight is 307 g/mol. The Morgan fingerprint density at radius 1 is 1.10 bits per heavy atom. The number of ether oxygens (including phenoxy) is 2. The first-order valence-corrected chi connectivity index (χ1v) is 6.57. The van der Waals surface area contributed by atoms with Crippen LogP contribution >= 0.6 is 11.6 Å². The van der Waals surface area contributed by atoms with Crippen molar-refractivity contribution in [2.45, 2.75) is 0 Å². The van der Waals surface area contributed by atoms with Gasteiger partial charge in [0.05, 0.1) is 30.3 Å². The van der Waals surface area contributed by atoms with Crippen molar-refractivity contribution in [3.8, 4) is 22.9 Å². The van der Waals surface area contributed by atoms with Gasteiger partial charge in [-0.15, -0.1) is 0 Å². The third-order valence-corrected chi connectivity index (χ3v) is 3.47. The Morgan fingerprint density at radius 3 is 2.48 bits per heavy atom. The number of fused-ring (bicyclic) bond motifs is 1. The van der Waals surface area contributed by atoms with E-state index in [1.165, 1.54) is 12.1 Å². The van der Waals surface area contributed by atoms with Crippen LogP contribution < -0.4 is 9.47 Å². The highest BCUT2D eigenvalue weighted by Crippen LogP contribution is 2.33. The van der Waals surface area contributed by atoms with Crippen LogP contribution in [0, 0.1) is 5.82 Å². The number of nitrogens with zero attached hydrogens (tertiary/aromatic N) is 1. The summed E-state index contributed by atoms with van der Waals surface area (Å²) < 4.78 is 23.7. The Balaban J connectivity index is 2.14. The van der Waals surface area contributed by atoms with Crippen molar-refractivity contribution in [3.63, 3.8) is 0 Å². The van der Waals surface area contributed by atoms with Crippen molar-refractivity contribution in [3.05, 3.63) is 41.2 Å². The third kappa shape index (κ3) is 2.40. The molecule has 2 aromatic carbocycles. The van der Waals surface area contributed by atoms with E-state index >= 15 is 0 Å². The van der Waals surface area contributed by atoms with E-state index in [2.05, 4.69) is 9.97 Å². The maximum absolute atomic E-state index is 13.2. The SMILES string of the molecule is COc1cc2nc(-c3ccc(F)c(Cl)c3)[nH]c2cc1OC. The average Bonchev–Trinajstić information content (AvgIpc) is 2.91. The molecule has 0 aliphatic carbocycles. The molecule has 0 atom stereocenters. The number of aromatic nitrogens is 2. The summed E-state index contributed by atoms with van der Waals surface area (Å²) in [5, 5.41) is 0.0584. The molecule has 0 saturated carbocycles. The van der Waals surface area contributed by atoms with Crippen molar-refractivity contribution in [1.82, 2.24) is 9.97 Å². The normalized spacial score (nSPS) is 10.9. The van der Waals surface area contributed by atoms with Gasteiger partial charge in [0.25, 0.3) is 0 Å². The highest BCUT2D eigenvalue weighted by molar-refractivity contribution is 6.31. The summed E-state index contributed by atoms with van der Waals surface area (Å²) in [5.74, 6) is 1.35. The first kappa shape index (κ1) is 13.7. The van der Waals surface area contributed by atoms with E-state index in [1.54, 1.807) is 32.4 Å². The van der Waals surface area contributed by atoms with Crippen LogP contribution in [0.3, 0.4) is 0 Å². The fraction of sp³-hybridized carbons (Fsp3) is 0.133. The smallest absolute Gasteiger partial charge is 0.163 e. The van der Waals surface area contributed by atoms with Gasteiger partial charge in [-0.25, -0.2) is 9.37 Å². The summed E-state index contributed by atoms with van der Waals surface area (Å²) in [6.07, 6.45) is 0. The van der Waals surface area contributed by atoms with Crippen LogP contribution in [-0.2, 0) is 0 Å². The number of aromatic amines is 1. The molecule has 0 unspecified atom stereocenters. The van der Waals surface area contributed by atoms with Crippen LogP contribution in [0.15, 0.2) is 30.3 Å². The minimum Gasteiger partial charge on any atom is -0.493 e. The van der Waals surface area contributed by atoms with Crippen LogP contribution in [-0.4, -0.2) is 24.2 Å². The number of hydrogen-bond acceptors (Lipinski definition) is 3. The van der Waals surface area contributed by atoms with E-state index in [4.69, 9.17) is 21.1 Å². The summed E-state index contributed by atoms with van der Waals surface area (Å²) in [4.78, 5) is 7.62. The lowest BCUT2D eigenvalue weighted by Crippen LogP contribution is -1.89. The molecule has 0 amide bonds. The number of rotatable bonds is 3. The number of methoxy groups -OCH3 is 2. The fourth-order valence-electron chi connectivity index (χ4n) is 2.12. The van der Waals surface area contributed by atoms with E-state index in [-0.39, 0.29) is 5.02 Å². The summed E-state index contributed by atoms with van der Waals surface area (Å²) in [5.41, 5.74) is 2.22. The van der Waals surface area contributed by atoms with Crippen molar-refractivity contribution in [1.29, 1.82) is 0 Å². The molecular weight excluding hydrogens is 295 g/mol. The first-order chi connectivity index (χ1) is 10.1. The van der Waals surface area contributed by atoms with Crippen LogP contribution in [0.1, 0.15) is 0 Å². The van der Waals surface area contributed by atoms with Gasteiger partial charge in [-0.2, -0.15) is 0 Å². The van der Waals surface area contributed by atoms with Gasteiger partial charge < -0.3 is 14.5 Å². The lowest BCUT2D eigenvalue weighted by Gasteiger charge is -2.06. The van der Waals surface area contributed by atoms with Crippen LogP contribution in [0.4, 0.5) is 4.39 Å². The third-order valence-electron chi connectivity index (χ3n) is 3.18. The van der Waals surface area contributed by atoms with Crippen LogP contribution in [0.2, 0.25) is 5.02 Å². The lowest BCUT2D eigenvalue weighted by molar-refractivity contribution is 0.356. The van der Waals surface area contributed by atoms with Gasteiger partial charge in [-0.1, -0.05) is 11.6 Å². The zero-order valence-corrected chi connectivity index (χ0v) is 12.2. The van der Waals surface area contributed by atoms with E-state index in [1.807, 2.05) is 0 Å². The minimum absolute atomic E-state index is 0.0584. The van der Waals surface area contributed by atoms with Gasteiger partial charge in [0.1, 0.15) is 11.6 Å². The van der Waals surface area contributed by atoms with Gasteiger partial charge >= 0.3 is 0 Å². The summed E-state index contributed by atoms with van der Waals surface area (Å²) in [7, 11) is 3.14. The van der Waals surface area contributed by atoms with Gasteiger partial charge in [0.15, 0.2) is 11.5 Å². The fourth-order valence-corrected chi connectivity index (χ4v) is 2.30. The number of halogens is 2. The van der Waals surface area contributed by atoms with Gasteiger partial charge in [-0.3, -0.25) is 0 Å². The van der Waals surface area contributed by atoms with Crippen LogP contribution in [0.5, 0.6) is 11.5 Å². The van der Waals surface area contributed by atoms with Crippen molar-refractivity contribution in [2.24, 2.45) is 0 Å². The predicted molar refractivity (Wildman–Crippen MR) is 79.6 cm³/mol. The molecule has 108 valence electrons. The van der Waals surface area contributed by atoms with E-state index in [0.717, 1.165) is 11.0 Å². The van der Waals surface area contributed by atoms with E-state index < -0.39 is 5.82 Å². The second kappa shape index (κ2) is 5.26. The standard InChI is InChI=1S/C15H12ClFN2O2/c1-20-13-6-11-12(7-14(13)21-2)19-15(18-11)8-3-4-10(17)9(16)5-8/h3-7H,1-2H3,(H,18,19). The number of nitrogens with one attached hydrogen (secondary N) is 1. The van der Waals surface area contributed by atoms with Gasteiger partial charge in [0.2, 0.25) is 0 Å².